The largest absolute Gasteiger partial charge is 0.334 e. The van der Waals surface area contributed by atoms with Gasteiger partial charge in [-0.2, -0.15) is 0 Å². The summed E-state index contributed by atoms with van der Waals surface area (Å²) in [6.07, 6.45) is 2.55. The van der Waals surface area contributed by atoms with Crippen LogP contribution >= 0.6 is 0 Å². The number of likely N-dealkylation sites (N-methyl/N-ethyl adjacent to an activating group) is 1. The molecule has 0 heterocycles. The maximum Gasteiger partial charge on any atom is 0.239 e. The number of nitrogens with two attached hydrogens (primary N) is 1. The molecule has 0 aromatic rings. The van der Waals surface area contributed by atoms with E-state index in [-0.39, 0.29) is 23.7 Å². The fraction of sp³-hybridized carbons (Fsp3) is 0.818. The van der Waals surface area contributed by atoms with Gasteiger partial charge in [0.1, 0.15) is 0 Å². The molecule has 1 fully saturated rings. The van der Waals surface area contributed by atoms with Crippen molar-refractivity contribution in [1.82, 2.24) is 4.90 Å². The standard InChI is InChI=1S/C11H20N2O2/c1-4-8-5-6-9(10(8)14)13(3)11(15)7(2)12/h7-9H,4-6,12H2,1-3H3. The van der Waals surface area contributed by atoms with Crippen LogP contribution < -0.4 is 5.73 Å². The van der Waals surface area contributed by atoms with E-state index in [1.54, 1.807) is 14.0 Å². The van der Waals surface area contributed by atoms with Gasteiger partial charge < -0.3 is 10.6 Å². The molecule has 4 nitrogen and oxygen atoms in total. The molecule has 0 aromatic heterocycles. The summed E-state index contributed by atoms with van der Waals surface area (Å²) in [5.74, 6) is 0.192. The van der Waals surface area contributed by atoms with E-state index < -0.39 is 6.04 Å². The molecule has 1 aliphatic rings. The van der Waals surface area contributed by atoms with Crippen LogP contribution in [0.3, 0.4) is 0 Å². The van der Waals surface area contributed by atoms with Crippen molar-refractivity contribution in [2.75, 3.05) is 7.05 Å². The molecule has 2 N–H and O–H groups in total. The Morgan fingerprint density at radius 1 is 1.60 bits per heavy atom. The maximum atomic E-state index is 11.9. The Labute approximate surface area is 90.8 Å². The third kappa shape index (κ3) is 2.37. The van der Waals surface area contributed by atoms with E-state index in [9.17, 15) is 9.59 Å². The van der Waals surface area contributed by atoms with Crippen LogP contribution in [0.4, 0.5) is 0 Å². The van der Waals surface area contributed by atoms with Gasteiger partial charge in [0, 0.05) is 13.0 Å². The van der Waals surface area contributed by atoms with Gasteiger partial charge in [-0.1, -0.05) is 6.92 Å². The number of carbonyl (C=O) groups excluding carboxylic acids is 2. The summed E-state index contributed by atoms with van der Waals surface area (Å²) in [5.41, 5.74) is 5.51. The summed E-state index contributed by atoms with van der Waals surface area (Å²) < 4.78 is 0. The topological polar surface area (TPSA) is 63.4 Å². The molecule has 1 amide bonds. The lowest BCUT2D eigenvalue weighted by atomic mass is 10.0. The van der Waals surface area contributed by atoms with Gasteiger partial charge in [-0.3, -0.25) is 9.59 Å². The van der Waals surface area contributed by atoms with Crippen LogP contribution in [0.2, 0.25) is 0 Å². The van der Waals surface area contributed by atoms with Gasteiger partial charge in [0.25, 0.3) is 0 Å². The van der Waals surface area contributed by atoms with E-state index in [0.717, 1.165) is 19.3 Å². The predicted octanol–water partition coefficient (Wildman–Crippen LogP) is 0.550. The number of Topliss-reactive ketones (excluding diaryl/α,β-unsaturated/α-hetero) is 1. The van der Waals surface area contributed by atoms with Crippen molar-refractivity contribution in [1.29, 1.82) is 0 Å². The summed E-state index contributed by atoms with van der Waals surface area (Å²) in [6.45, 7) is 3.66. The van der Waals surface area contributed by atoms with Crippen molar-refractivity contribution in [3.05, 3.63) is 0 Å². The lowest BCUT2D eigenvalue weighted by molar-refractivity contribution is -0.138. The molecule has 0 spiro atoms. The third-order valence-corrected chi connectivity index (χ3v) is 3.22. The highest BCUT2D eigenvalue weighted by Gasteiger charge is 2.37. The summed E-state index contributed by atoms with van der Waals surface area (Å²) >= 11 is 0. The Morgan fingerprint density at radius 3 is 2.60 bits per heavy atom. The quantitative estimate of drug-likeness (QED) is 0.743. The normalized spacial score (nSPS) is 27.9. The van der Waals surface area contributed by atoms with Gasteiger partial charge in [0.2, 0.25) is 5.91 Å². The molecule has 3 atom stereocenters. The molecule has 0 saturated heterocycles. The smallest absolute Gasteiger partial charge is 0.239 e. The second kappa shape index (κ2) is 4.75. The molecule has 86 valence electrons. The molecule has 15 heavy (non-hydrogen) atoms. The SMILES string of the molecule is CCC1CCC(N(C)C(=O)C(C)N)C1=O. The zero-order valence-electron chi connectivity index (χ0n) is 9.69. The molecule has 0 aliphatic heterocycles. The first kappa shape index (κ1) is 12.2. The van der Waals surface area contributed by atoms with Crippen LogP contribution in [0.25, 0.3) is 0 Å². The summed E-state index contributed by atoms with van der Waals surface area (Å²) in [5, 5.41) is 0. The van der Waals surface area contributed by atoms with Crippen LogP contribution in [0.15, 0.2) is 0 Å². The first-order valence-corrected chi connectivity index (χ1v) is 5.55. The van der Waals surface area contributed by atoms with E-state index in [2.05, 4.69) is 0 Å². The van der Waals surface area contributed by atoms with Gasteiger partial charge in [0.05, 0.1) is 12.1 Å². The number of ketones is 1. The average Bonchev–Trinajstić information content (AvgIpc) is 2.57. The Bertz CT molecular complexity index is 263. The summed E-state index contributed by atoms with van der Waals surface area (Å²) in [6, 6.07) is -0.767. The number of rotatable bonds is 3. The highest BCUT2D eigenvalue weighted by molar-refractivity contribution is 5.93. The lowest BCUT2D eigenvalue weighted by Crippen LogP contribution is -2.47. The van der Waals surface area contributed by atoms with Crippen molar-refractivity contribution in [3.63, 3.8) is 0 Å². The molecule has 0 radical (unpaired) electrons. The molecule has 4 heteroatoms. The van der Waals surface area contributed by atoms with Gasteiger partial charge in [0.15, 0.2) is 5.78 Å². The fourth-order valence-corrected chi connectivity index (χ4v) is 2.18. The van der Waals surface area contributed by atoms with E-state index in [0.29, 0.717) is 0 Å². The molecule has 1 rings (SSSR count). The van der Waals surface area contributed by atoms with Crippen molar-refractivity contribution in [3.8, 4) is 0 Å². The highest BCUT2D eigenvalue weighted by atomic mass is 16.2. The summed E-state index contributed by atoms with van der Waals surface area (Å²) in [7, 11) is 1.67. The van der Waals surface area contributed by atoms with E-state index in [1.807, 2.05) is 6.92 Å². The molecule has 1 saturated carbocycles. The van der Waals surface area contributed by atoms with Crippen molar-refractivity contribution < 1.29 is 9.59 Å². The minimum Gasteiger partial charge on any atom is -0.334 e. The van der Waals surface area contributed by atoms with Crippen molar-refractivity contribution in [2.24, 2.45) is 11.7 Å². The van der Waals surface area contributed by atoms with Gasteiger partial charge >= 0.3 is 0 Å². The lowest BCUT2D eigenvalue weighted by Gasteiger charge is -2.25. The second-order valence-electron chi connectivity index (χ2n) is 4.34. The zero-order chi connectivity index (χ0) is 11.6. The molecule has 1 aliphatic carbocycles. The van der Waals surface area contributed by atoms with Crippen LogP contribution in [0.1, 0.15) is 33.1 Å². The second-order valence-corrected chi connectivity index (χ2v) is 4.34. The first-order valence-electron chi connectivity index (χ1n) is 5.55. The van der Waals surface area contributed by atoms with Gasteiger partial charge in [-0.15, -0.1) is 0 Å². The molecule has 0 bridgehead atoms. The van der Waals surface area contributed by atoms with E-state index in [4.69, 9.17) is 5.73 Å². The molecule has 0 aromatic carbocycles. The number of nitrogens with zero attached hydrogens (tertiary/aromatic N) is 1. The number of carbonyl (C=O) groups is 2. The fourth-order valence-electron chi connectivity index (χ4n) is 2.18. The first-order chi connectivity index (χ1) is 6.99. The number of hydrogen-bond acceptors (Lipinski definition) is 3. The minimum atomic E-state index is -0.525. The molecule has 3 unspecified atom stereocenters. The maximum absolute atomic E-state index is 11.9. The monoisotopic (exact) mass is 212 g/mol. The molecular weight excluding hydrogens is 192 g/mol. The Kier molecular flexibility index (Phi) is 3.85. The van der Waals surface area contributed by atoms with Crippen LogP contribution in [-0.2, 0) is 9.59 Å². The van der Waals surface area contributed by atoms with Gasteiger partial charge in [-0.05, 0) is 26.2 Å². The van der Waals surface area contributed by atoms with Gasteiger partial charge in [-0.25, -0.2) is 0 Å². The van der Waals surface area contributed by atoms with Crippen molar-refractivity contribution >= 4 is 11.7 Å². The number of amides is 1. The van der Waals surface area contributed by atoms with E-state index in [1.165, 1.54) is 4.90 Å². The zero-order valence-corrected chi connectivity index (χ0v) is 9.69. The van der Waals surface area contributed by atoms with Crippen LogP contribution in [0, 0.1) is 5.92 Å². The Hall–Kier alpha value is -0.900. The number of hydrogen-bond donors (Lipinski definition) is 1. The predicted molar refractivity (Wildman–Crippen MR) is 58.2 cm³/mol. The highest BCUT2D eigenvalue weighted by Crippen LogP contribution is 2.27. The van der Waals surface area contributed by atoms with Crippen molar-refractivity contribution in [2.45, 2.75) is 45.2 Å². The Balaban J connectivity index is 2.66. The summed E-state index contributed by atoms with van der Waals surface area (Å²) in [4.78, 5) is 25.0. The van der Waals surface area contributed by atoms with E-state index >= 15 is 0 Å². The minimum absolute atomic E-state index is 0.137. The average molecular weight is 212 g/mol. The third-order valence-electron chi connectivity index (χ3n) is 3.22. The Morgan fingerprint density at radius 2 is 2.20 bits per heavy atom. The molecular formula is C11H20N2O2. The van der Waals surface area contributed by atoms with Crippen LogP contribution in [-0.4, -0.2) is 35.7 Å². The van der Waals surface area contributed by atoms with Crippen LogP contribution in [0.5, 0.6) is 0 Å².